The van der Waals surface area contributed by atoms with Gasteiger partial charge in [-0.3, -0.25) is 14.5 Å². The van der Waals surface area contributed by atoms with Gasteiger partial charge in [-0.15, -0.1) is 0 Å². The number of hydrogen-bond donors (Lipinski definition) is 1. The number of para-hydroxylation sites is 2. The van der Waals surface area contributed by atoms with Gasteiger partial charge in [0.05, 0.1) is 18.0 Å². The molecule has 5 nitrogen and oxygen atoms in total. The Morgan fingerprint density at radius 2 is 2.18 bits per heavy atom. The Morgan fingerprint density at radius 3 is 2.82 bits per heavy atom. The van der Waals surface area contributed by atoms with Crippen LogP contribution in [0.4, 0.5) is 5.69 Å². The summed E-state index contributed by atoms with van der Waals surface area (Å²) in [4.78, 5) is 25.4. The number of hydrogen-bond acceptors (Lipinski definition) is 5. The topological polar surface area (TPSA) is 58.6 Å². The molecule has 0 aliphatic carbocycles. The van der Waals surface area contributed by atoms with E-state index < -0.39 is 0 Å². The predicted octanol–water partition coefficient (Wildman–Crippen LogP) is 2.66. The highest BCUT2D eigenvalue weighted by Crippen LogP contribution is 2.27. The lowest BCUT2D eigenvalue weighted by Gasteiger charge is -2.15. The minimum absolute atomic E-state index is 0.0279. The van der Waals surface area contributed by atoms with E-state index in [0.717, 1.165) is 0 Å². The van der Waals surface area contributed by atoms with Crippen molar-refractivity contribution in [3.05, 3.63) is 24.3 Å². The molecule has 1 aromatic carbocycles. The monoisotopic (exact) mass is 338 g/mol. The van der Waals surface area contributed by atoms with E-state index in [-0.39, 0.29) is 17.1 Å². The summed E-state index contributed by atoms with van der Waals surface area (Å²) < 4.78 is 5.78. The van der Waals surface area contributed by atoms with Gasteiger partial charge in [0.15, 0.2) is 0 Å². The fraction of sp³-hybridized carbons (Fsp3) is 0.400. The van der Waals surface area contributed by atoms with Crippen molar-refractivity contribution >= 4 is 45.8 Å². The van der Waals surface area contributed by atoms with Crippen LogP contribution < -0.4 is 10.1 Å². The summed E-state index contributed by atoms with van der Waals surface area (Å²) in [6, 6.07) is 7.25. The predicted molar refractivity (Wildman–Crippen MR) is 92.2 cm³/mol. The molecule has 0 spiro atoms. The van der Waals surface area contributed by atoms with Gasteiger partial charge in [-0.05, 0) is 25.5 Å². The van der Waals surface area contributed by atoms with Crippen LogP contribution in [0.15, 0.2) is 24.3 Å². The van der Waals surface area contributed by atoms with Crippen LogP contribution in [0, 0.1) is 0 Å². The molecule has 118 valence electrons. The zero-order valence-corrected chi connectivity index (χ0v) is 14.1. The summed E-state index contributed by atoms with van der Waals surface area (Å²) in [6.45, 7) is 2.32. The van der Waals surface area contributed by atoms with E-state index in [1.54, 1.807) is 24.1 Å². The molecule has 1 aliphatic rings. The molecular formula is C15H18N2O3S2. The van der Waals surface area contributed by atoms with Crippen molar-refractivity contribution in [2.24, 2.45) is 0 Å². The molecule has 2 amide bonds. The highest BCUT2D eigenvalue weighted by atomic mass is 32.2. The molecule has 1 unspecified atom stereocenters. The van der Waals surface area contributed by atoms with Crippen LogP contribution in [0.5, 0.6) is 5.75 Å². The number of benzene rings is 1. The number of ether oxygens (including phenoxy) is 1. The number of anilines is 1. The minimum Gasteiger partial charge on any atom is -0.495 e. The Labute approximate surface area is 139 Å². The van der Waals surface area contributed by atoms with Crippen molar-refractivity contribution in [3.63, 3.8) is 0 Å². The SMILES string of the molecule is COc1ccccc1NC(=O)CCCN1C(=O)C(C)SC1=S. The molecule has 1 N–H and O–H groups in total. The first-order chi connectivity index (χ1) is 10.5. The summed E-state index contributed by atoms with van der Waals surface area (Å²) in [5.41, 5.74) is 0.645. The number of nitrogens with one attached hydrogen (secondary N) is 1. The molecule has 1 aromatic rings. The van der Waals surface area contributed by atoms with E-state index in [0.29, 0.717) is 35.1 Å². The number of amides is 2. The largest absolute Gasteiger partial charge is 0.495 e. The zero-order valence-electron chi connectivity index (χ0n) is 12.5. The molecule has 0 radical (unpaired) electrons. The average molecular weight is 338 g/mol. The van der Waals surface area contributed by atoms with E-state index in [1.807, 2.05) is 19.1 Å². The zero-order chi connectivity index (χ0) is 16.1. The maximum Gasteiger partial charge on any atom is 0.241 e. The highest BCUT2D eigenvalue weighted by Gasteiger charge is 2.33. The van der Waals surface area contributed by atoms with Crippen LogP contribution >= 0.6 is 24.0 Å². The van der Waals surface area contributed by atoms with Crippen molar-refractivity contribution in [1.82, 2.24) is 4.90 Å². The Hall–Kier alpha value is -1.60. The van der Waals surface area contributed by atoms with Crippen LogP contribution in [-0.4, -0.2) is 39.9 Å². The number of carbonyl (C=O) groups excluding carboxylic acids is 2. The fourth-order valence-corrected chi connectivity index (χ4v) is 3.59. The molecule has 1 atom stereocenters. The summed E-state index contributed by atoms with van der Waals surface area (Å²) in [5, 5.41) is 2.70. The third-order valence-electron chi connectivity index (χ3n) is 3.28. The number of nitrogens with zero attached hydrogens (tertiary/aromatic N) is 1. The second-order valence-corrected chi connectivity index (χ2v) is 6.84. The van der Waals surface area contributed by atoms with Gasteiger partial charge < -0.3 is 10.1 Å². The van der Waals surface area contributed by atoms with E-state index in [9.17, 15) is 9.59 Å². The van der Waals surface area contributed by atoms with Crippen molar-refractivity contribution in [2.45, 2.75) is 25.0 Å². The van der Waals surface area contributed by atoms with E-state index >= 15 is 0 Å². The smallest absolute Gasteiger partial charge is 0.241 e. The van der Waals surface area contributed by atoms with E-state index in [4.69, 9.17) is 17.0 Å². The maximum absolute atomic E-state index is 12.0. The lowest BCUT2D eigenvalue weighted by molar-refractivity contribution is -0.126. The molecule has 1 fully saturated rings. The van der Waals surface area contributed by atoms with Crippen molar-refractivity contribution < 1.29 is 14.3 Å². The first-order valence-corrected chi connectivity index (χ1v) is 8.26. The molecule has 7 heteroatoms. The second-order valence-electron chi connectivity index (χ2n) is 4.87. The quantitative estimate of drug-likeness (QED) is 0.808. The van der Waals surface area contributed by atoms with Gasteiger partial charge in [0.2, 0.25) is 11.8 Å². The van der Waals surface area contributed by atoms with Crippen LogP contribution in [-0.2, 0) is 9.59 Å². The molecule has 2 rings (SSSR count). The average Bonchev–Trinajstić information content (AvgIpc) is 2.74. The molecular weight excluding hydrogens is 320 g/mol. The van der Waals surface area contributed by atoms with Crippen LogP contribution in [0.25, 0.3) is 0 Å². The molecule has 0 aromatic heterocycles. The summed E-state index contributed by atoms with van der Waals surface area (Å²) >= 11 is 6.56. The number of rotatable bonds is 6. The van der Waals surface area contributed by atoms with Crippen LogP contribution in [0.1, 0.15) is 19.8 Å². The van der Waals surface area contributed by atoms with Crippen molar-refractivity contribution in [1.29, 1.82) is 0 Å². The van der Waals surface area contributed by atoms with E-state index in [1.165, 1.54) is 11.8 Å². The maximum atomic E-state index is 12.0. The van der Waals surface area contributed by atoms with Gasteiger partial charge in [0, 0.05) is 13.0 Å². The standard InChI is InChI=1S/C15H18N2O3S2/c1-10-14(19)17(15(21)22-10)9-5-8-13(18)16-11-6-3-4-7-12(11)20-2/h3-4,6-7,10H,5,8-9H2,1-2H3,(H,16,18). The number of thiocarbonyl (C=S) groups is 1. The number of thioether (sulfide) groups is 1. The third kappa shape index (κ3) is 3.98. The number of carbonyl (C=O) groups is 2. The normalized spacial score (nSPS) is 17.7. The fourth-order valence-electron chi connectivity index (χ4n) is 2.13. The third-order valence-corrected chi connectivity index (χ3v) is 4.76. The van der Waals surface area contributed by atoms with Gasteiger partial charge in [0.25, 0.3) is 0 Å². The van der Waals surface area contributed by atoms with Gasteiger partial charge in [-0.2, -0.15) is 0 Å². The number of methoxy groups -OCH3 is 1. The van der Waals surface area contributed by atoms with E-state index in [2.05, 4.69) is 5.32 Å². The van der Waals surface area contributed by atoms with Gasteiger partial charge in [0.1, 0.15) is 10.1 Å². The van der Waals surface area contributed by atoms with Crippen LogP contribution in [0.2, 0.25) is 0 Å². The highest BCUT2D eigenvalue weighted by molar-refractivity contribution is 8.24. The van der Waals surface area contributed by atoms with Gasteiger partial charge in [-0.25, -0.2) is 0 Å². The summed E-state index contributed by atoms with van der Waals surface area (Å²) in [7, 11) is 1.56. The molecule has 0 bridgehead atoms. The van der Waals surface area contributed by atoms with Crippen LogP contribution in [0.3, 0.4) is 0 Å². The van der Waals surface area contributed by atoms with Gasteiger partial charge >= 0.3 is 0 Å². The Balaban J connectivity index is 1.81. The van der Waals surface area contributed by atoms with Crippen molar-refractivity contribution in [2.75, 3.05) is 19.0 Å². The minimum atomic E-state index is -0.116. The Morgan fingerprint density at radius 1 is 1.45 bits per heavy atom. The molecule has 1 heterocycles. The molecule has 1 aliphatic heterocycles. The second kappa shape index (κ2) is 7.60. The Bertz CT molecular complexity index is 592. The lowest BCUT2D eigenvalue weighted by atomic mass is 10.2. The first kappa shape index (κ1) is 16.8. The van der Waals surface area contributed by atoms with Gasteiger partial charge in [-0.1, -0.05) is 36.1 Å². The molecule has 22 heavy (non-hydrogen) atoms. The lowest BCUT2D eigenvalue weighted by Crippen LogP contribution is -2.32. The molecule has 0 saturated carbocycles. The van der Waals surface area contributed by atoms with Crippen molar-refractivity contribution in [3.8, 4) is 5.75 Å². The summed E-state index contributed by atoms with van der Waals surface area (Å²) in [5.74, 6) is 0.542. The Kier molecular flexibility index (Phi) is 5.79. The first-order valence-electron chi connectivity index (χ1n) is 6.97. The molecule has 1 saturated heterocycles. The summed E-state index contributed by atoms with van der Waals surface area (Å²) in [6.07, 6.45) is 0.892.